The van der Waals surface area contributed by atoms with Gasteiger partial charge in [0.05, 0.1) is 6.54 Å². The van der Waals surface area contributed by atoms with Crippen LogP contribution in [0.25, 0.3) is 22.4 Å². The van der Waals surface area contributed by atoms with Crippen molar-refractivity contribution in [1.29, 1.82) is 0 Å². The van der Waals surface area contributed by atoms with E-state index in [1.165, 1.54) is 0 Å². The monoisotopic (exact) mass is 490 g/mol. The third-order valence-electron chi connectivity index (χ3n) is 6.33. The van der Waals surface area contributed by atoms with Gasteiger partial charge >= 0.3 is 0 Å². The molecule has 0 atom stereocenters. The molecule has 0 unspecified atom stereocenters. The highest BCUT2D eigenvalue weighted by atomic mass is 16.7. The standard InChI is InChI=1S/C31H26N2O4/c1-21-25(23-15-16-27-28(17-23)36-20-35-27)13-8-14-26(21)34-19-30-33-31(22-9-4-2-5-10-22)29(37-30)18-32-24-11-6-3-7-12-24/h2-17,32H,18-20H2,1H3. The first kappa shape index (κ1) is 22.7. The van der Waals surface area contributed by atoms with Crippen LogP contribution in [0.4, 0.5) is 5.69 Å². The maximum absolute atomic E-state index is 6.21. The zero-order valence-corrected chi connectivity index (χ0v) is 20.4. The fourth-order valence-electron chi connectivity index (χ4n) is 4.43. The van der Waals surface area contributed by atoms with Gasteiger partial charge in [0.15, 0.2) is 23.9 Å². The Morgan fingerprint density at radius 3 is 2.43 bits per heavy atom. The SMILES string of the molecule is Cc1c(OCc2nc(-c3ccccc3)c(CNc3ccccc3)o2)cccc1-c1ccc2c(c1)OCO2. The molecule has 0 bridgehead atoms. The van der Waals surface area contributed by atoms with Gasteiger partial charge in [-0.2, -0.15) is 0 Å². The average Bonchev–Trinajstić information content (AvgIpc) is 3.59. The molecule has 6 rings (SSSR count). The van der Waals surface area contributed by atoms with E-state index >= 15 is 0 Å². The highest BCUT2D eigenvalue weighted by Crippen LogP contribution is 2.38. The zero-order valence-electron chi connectivity index (χ0n) is 20.4. The minimum atomic E-state index is 0.219. The Morgan fingerprint density at radius 1 is 0.811 bits per heavy atom. The predicted molar refractivity (Wildman–Crippen MR) is 143 cm³/mol. The summed E-state index contributed by atoms with van der Waals surface area (Å²) >= 11 is 0. The Bertz CT molecular complexity index is 1510. The van der Waals surface area contributed by atoms with Gasteiger partial charge in [0, 0.05) is 11.3 Å². The van der Waals surface area contributed by atoms with Crippen molar-refractivity contribution in [1.82, 2.24) is 4.98 Å². The van der Waals surface area contributed by atoms with Crippen LogP contribution in [0.1, 0.15) is 17.2 Å². The number of nitrogens with one attached hydrogen (secondary N) is 1. The summed E-state index contributed by atoms with van der Waals surface area (Å²) in [5.74, 6) is 3.59. The lowest BCUT2D eigenvalue weighted by atomic mass is 9.99. The van der Waals surface area contributed by atoms with Gasteiger partial charge in [0.25, 0.3) is 0 Å². The summed E-state index contributed by atoms with van der Waals surface area (Å²) in [6.07, 6.45) is 0. The molecule has 4 aromatic carbocycles. The molecular formula is C31H26N2O4. The predicted octanol–water partition coefficient (Wildman–Crippen LogP) is 7.24. The molecule has 1 aromatic heterocycles. The van der Waals surface area contributed by atoms with Crippen molar-refractivity contribution in [3.63, 3.8) is 0 Å². The molecule has 37 heavy (non-hydrogen) atoms. The van der Waals surface area contributed by atoms with Crippen molar-refractivity contribution in [3.8, 4) is 39.6 Å². The molecule has 0 radical (unpaired) electrons. The van der Waals surface area contributed by atoms with E-state index in [9.17, 15) is 0 Å². The third-order valence-corrected chi connectivity index (χ3v) is 6.33. The molecule has 0 spiro atoms. The van der Waals surface area contributed by atoms with Gasteiger partial charge in [-0.1, -0.05) is 66.7 Å². The molecule has 2 heterocycles. The fraction of sp³-hybridized carbons (Fsp3) is 0.129. The van der Waals surface area contributed by atoms with E-state index < -0.39 is 0 Å². The normalized spacial score (nSPS) is 11.9. The second-order valence-corrected chi connectivity index (χ2v) is 8.75. The topological polar surface area (TPSA) is 65.8 Å². The van der Waals surface area contributed by atoms with Gasteiger partial charge < -0.3 is 23.9 Å². The quantitative estimate of drug-likeness (QED) is 0.247. The van der Waals surface area contributed by atoms with Gasteiger partial charge in [-0.3, -0.25) is 0 Å². The number of benzene rings is 4. The van der Waals surface area contributed by atoms with Gasteiger partial charge in [0.1, 0.15) is 11.4 Å². The summed E-state index contributed by atoms with van der Waals surface area (Å²) in [5.41, 5.74) is 5.98. The minimum absolute atomic E-state index is 0.219. The highest BCUT2D eigenvalue weighted by molar-refractivity contribution is 5.72. The maximum atomic E-state index is 6.21. The Labute approximate surface area is 215 Å². The smallest absolute Gasteiger partial charge is 0.233 e. The lowest BCUT2D eigenvalue weighted by molar-refractivity contribution is 0.174. The van der Waals surface area contributed by atoms with E-state index in [1.807, 2.05) is 91.0 Å². The first-order chi connectivity index (χ1) is 18.2. The average molecular weight is 491 g/mol. The lowest BCUT2D eigenvalue weighted by Gasteiger charge is -2.12. The summed E-state index contributed by atoms with van der Waals surface area (Å²) < 4.78 is 23.4. The number of oxazole rings is 1. The maximum Gasteiger partial charge on any atom is 0.233 e. The zero-order chi connectivity index (χ0) is 25.0. The molecule has 1 N–H and O–H groups in total. The molecule has 0 saturated heterocycles. The van der Waals surface area contributed by atoms with E-state index in [4.69, 9.17) is 23.6 Å². The van der Waals surface area contributed by atoms with Gasteiger partial charge in [-0.25, -0.2) is 4.98 Å². The van der Waals surface area contributed by atoms with Gasteiger partial charge in [0.2, 0.25) is 12.7 Å². The van der Waals surface area contributed by atoms with Crippen molar-refractivity contribution < 1.29 is 18.6 Å². The van der Waals surface area contributed by atoms with Gasteiger partial charge in [-0.15, -0.1) is 0 Å². The molecule has 6 nitrogen and oxygen atoms in total. The molecule has 0 fully saturated rings. The van der Waals surface area contributed by atoms with E-state index in [0.717, 1.165) is 56.6 Å². The number of para-hydroxylation sites is 1. The van der Waals surface area contributed by atoms with Gasteiger partial charge in [-0.05, 0) is 53.9 Å². The molecule has 0 saturated carbocycles. The highest BCUT2D eigenvalue weighted by Gasteiger charge is 2.18. The number of nitrogens with zero attached hydrogens (tertiary/aromatic N) is 1. The number of aromatic nitrogens is 1. The van der Waals surface area contributed by atoms with E-state index in [2.05, 4.69) is 18.3 Å². The second kappa shape index (κ2) is 10.1. The number of hydrogen-bond donors (Lipinski definition) is 1. The van der Waals surface area contributed by atoms with Crippen LogP contribution in [0, 0.1) is 6.92 Å². The van der Waals surface area contributed by atoms with Crippen LogP contribution >= 0.6 is 0 Å². The number of rotatable bonds is 8. The molecule has 0 aliphatic carbocycles. The van der Waals surface area contributed by atoms with E-state index in [-0.39, 0.29) is 13.4 Å². The largest absolute Gasteiger partial charge is 0.484 e. The molecule has 184 valence electrons. The van der Waals surface area contributed by atoms with Crippen LogP contribution < -0.4 is 19.5 Å². The number of fused-ring (bicyclic) bond motifs is 1. The van der Waals surface area contributed by atoms with Crippen LogP contribution in [-0.4, -0.2) is 11.8 Å². The first-order valence-corrected chi connectivity index (χ1v) is 12.2. The number of ether oxygens (including phenoxy) is 3. The molecule has 0 amide bonds. The van der Waals surface area contributed by atoms with Crippen LogP contribution in [-0.2, 0) is 13.2 Å². The van der Waals surface area contributed by atoms with Crippen molar-refractivity contribution in [3.05, 3.63) is 114 Å². The first-order valence-electron chi connectivity index (χ1n) is 12.2. The van der Waals surface area contributed by atoms with E-state index in [0.29, 0.717) is 12.4 Å². The van der Waals surface area contributed by atoms with Crippen LogP contribution in [0.3, 0.4) is 0 Å². The number of hydrogen-bond acceptors (Lipinski definition) is 6. The summed E-state index contributed by atoms with van der Waals surface area (Å²) in [5, 5.41) is 3.42. The molecule has 1 aliphatic rings. The third kappa shape index (κ3) is 4.86. The summed E-state index contributed by atoms with van der Waals surface area (Å²) in [7, 11) is 0. The fourth-order valence-corrected chi connectivity index (χ4v) is 4.43. The Hall–Kier alpha value is -4.71. The van der Waals surface area contributed by atoms with Crippen LogP contribution in [0.15, 0.2) is 101 Å². The summed E-state index contributed by atoms with van der Waals surface area (Å²) in [6.45, 7) is 3.04. The lowest BCUT2D eigenvalue weighted by Crippen LogP contribution is -1.99. The summed E-state index contributed by atoms with van der Waals surface area (Å²) in [4.78, 5) is 4.80. The van der Waals surface area contributed by atoms with E-state index in [1.54, 1.807) is 0 Å². The Morgan fingerprint density at radius 2 is 1.59 bits per heavy atom. The molecule has 1 aliphatic heterocycles. The minimum Gasteiger partial charge on any atom is -0.484 e. The van der Waals surface area contributed by atoms with Crippen LogP contribution in [0.2, 0.25) is 0 Å². The Kier molecular flexibility index (Phi) is 6.21. The summed E-state index contributed by atoms with van der Waals surface area (Å²) in [6, 6.07) is 32.1. The van der Waals surface area contributed by atoms with Crippen molar-refractivity contribution >= 4 is 5.69 Å². The molecule has 6 heteroatoms. The molecule has 5 aromatic rings. The second-order valence-electron chi connectivity index (χ2n) is 8.75. The van der Waals surface area contributed by atoms with Crippen molar-refractivity contribution in [2.24, 2.45) is 0 Å². The Balaban J connectivity index is 1.23. The van der Waals surface area contributed by atoms with Crippen LogP contribution in [0.5, 0.6) is 17.2 Å². The molecular weight excluding hydrogens is 464 g/mol. The van der Waals surface area contributed by atoms with Crippen molar-refractivity contribution in [2.75, 3.05) is 12.1 Å². The number of anilines is 1. The van der Waals surface area contributed by atoms with Crippen molar-refractivity contribution in [2.45, 2.75) is 20.1 Å².